The van der Waals surface area contributed by atoms with E-state index < -0.39 is 0 Å². The first kappa shape index (κ1) is 17.1. The second kappa shape index (κ2) is 7.44. The molecule has 128 valence electrons. The van der Waals surface area contributed by atoms with Crippen LogP contribution in [0, 0.1) is 6.92 Å². The molecule has 2 aromatic rings. The van der Waals surface area contributed by atoms with Crippen molar-refractivity contribution in [1.82, 2.24) is 25.2 Å². The van der Waals surface area contributed by atoms with Crippen molar-refractivity contribution in [2.75, 3.05) is 20.1 Å². The van der Waals surface area contributed by atoms with Gasteiger partial charge in [-0.15, -0.1) is 5.10 Å². The van der Waals surface area contributed by atoms with Gasteiger partial charge in [0.25, 0.3) is 5.91 Å². The Balaban J connectivity index is 1.72. The zero-order valence-corrected chi connectivity index (χ0v) is 15.6. The first-order chi connectivity index (χ1) is 11.6. The van der Waals surface area contributed by atoms with Gasteiger partial charge in [-0.1, -0.05) is 33.3 Å². The smallest absolute Gasteiger partial charge is 0.276 e. The SMILES string of the molecule is Cc1c(C(=O)N(C)Cc2ccc(Br)cc2)nnn1C1CCNCC1. The fourth-order valence-corrected chi connectivity index (χ4v) is 3.32. The molecule has 6 nitrogen and oxygen atoms in total. The number of nitrogens with zero attached hydrogens (tertiary/aromatic N) is 4. The van der Waals surface area contributed by atoms with E-state index >= 15 is 0 Å². The lowest BCUT2D eigenvalue weighted by atomic mass is 10.1. The molecule has 0 saturated carbocycles. The fourth-order valence-electron chi connectivity index (χ4n) is 3.05. The Labute approximate surface area is 150 Å². The first-order valence-corrected chi connectivity index (χ1v) is 8.98. The zero-order valence-electron chi connectivity index (χ0n) is 14.0. The molecule has 1 aromatic heterocycles. The molecule has 1 aliphatic heterocycles. The maximum atomic E-state index is 12.7. The maximum Gasteiger partial charge on any atom is 0.276 e. The van der Waals surface area contributed by atoms with Crippen molar-refractivity contribution in [3.63, 3.8) is 0 Å². The molecule has 0 aliphatic carbocycles. The quantitative estimate of drug-likeness (QED) is 0.869. The number of carbonyl (C=O) groups excluding carboxylic acids is 1. The second-order valence-electron chi connectivity index (χ2n) is 6.24. The van der Waals surface area contributed by atoms with Gasteiger partial charge < -0.3 is 10.2 Å². The van der Waals surface area contributed by atoms with Gasteiger partial charge in [-0.05, 0) is 50.6 Å². The van der Waals surface area contributed by atoms with Crippen LogP contribution in [0.1, 0.15) is 40.6 Å². The van der Waals surface area contributed by atoms with Crippen LogP contribution in [-0.4, -0.2) is 45.9 Å². The second-order valence-corrected chi connectivity index (χ2v) is 7.15. The van der Waals surface area contributed by atoms with Gasteiger partial charge in [0.15, 0.2) is 5.69 Å². The molecule has 0 bridgehead atoms. The van der Waals surface area contributed by atoms with Crippen molar-refractivity contribution < 1.29 is 4.79 Å². The molecule has 0 spiro atoms. The summed E-state index contributed by atoms with van der Waals surface area (Å²) in [6.07, 6.45) is 2.04. The summed E-state index contributed by atoms with van der Waals surface area (Å²) < 4.78 is 2.95. The standard InChI is InChI=1S/C17H22BrN5O/c1-12-16(20-21-23(12)15-7-9-19-10-8-15)17(24)22(2)11-13-3-5-14(18)6-4-13/h3-6,15,19H,7-11H2,1-2H3. The summed E-state index contributed by atoms with van der Waals surface area (Å²) in [4.78, 5) is 14.4. The van der Waals surface area contributed by atoms with E-state index in [0.29, 0.717) is 18.3 Å². The summed E-state index contributed by atoms with van der Waals surface area (Å²) in [5, 5.41) is 11.8. The van der Waals surface area contributed by atoms with Crippen LogP contribution >= 0.6 is 15.9 Å². The van der Waals surface area contributed by atoms with Gasteiger partial charge in [0.05, 0.1) is 11.7 Å². The predicted molar refractivity (Wildman–Crippen MR) is 95.8 cm³/mol. The number of rotatable bonds is 4. The highest BCUT2D eigenvalue weighted by molar-refractivity contribution is 9.10. The molecule has 2 heterocycles. The minimum absolute atomic E-state index is 0.0874. The number of hydrogen-bond acceptors (Lipinski definition) is 4. The van der Waals surface area contributed by atoms with Gasteiger partial charge in [-0.2, -0.15) is 0 Å². The molecule has 1 fully saturated rings. The lowest BCUT2D eigenvalue weighted by molar-refractivity contribution is 0.0778. The Kier molecular flexibility index (Phi) is 5.30. The Bertz CT molecular complexity index is 706. The maximum absolute atomic E-state index is 12.7. The van der Waals surface area contributed by atoms with Crippen molar-refractivity contribution in [2.45, 2.75) is 32.4 Å². The van der Waals surface area contributed by atoms with E-state index in [4.69, 9.17) is 0 Å². The third-order valence-electron chi connectivity index (χ3n) is 4.46. The van der Waals surface area contributed by atoms with Crippen LogP contribution in [-0.2, 0) is 6.54 Å². The Morgan fingerprint density at radius 3 is 2.67 bits per heavy atom. The molecule has 24 heavy (non-hydrogen) atoms. The van der Waals surface area contributed by atoms with Gasteiger partial charge in [0.1, 0.15) is 0 Å². The molecular formula is C17H22BrN5O. The van der Waals surface area contributed by atoms with E-state index in [2.05, 4.69) is 31.6 Å². The first-order valence-electron chi connectivity index (χ1n) is 8.18. The molecule has 7 heteroatoms. The summed E-state index contributed by atoms with van der Waals surface area (Å²) in [5.41, 5.74) is 2.39. The zero-order chi connectivity index (χ0) is 17.1. The van der Waals surface area contributed by atoms with Crippen LogP contribution in [0.5, 0.6) is 0 Å². The van der Waals surface area contributed by atoms with Crippen molar-refractivity contribution >= 4 is 21.8 Å². The molecule has 3 rings (SSSR count). The number of nitrogens with one attached hydrogen (secondary N) is 1. The molecule has 1 saturated heterocycles. The van der Waals surface area contributed by atoms with Crippen LogP contribution in [0.3, 0.4) is 0 Å². The highest BCUT2D eigenvalue weighted by atomic mass is 79.9. The predicted octanol–water partition coefficient (Wildman–Crippen LogP) is 2.55. The summed E-state index contributed by atoms with van der Waals surface area (Å²) in [7, 11) is 1.80. The molecule has 0 radical (unpaired) electrons. The average Bonchev–Trinajstić information content (AvgIpc) is 2.98. The highest BCUT2D eigenvalue weighted by Gasteiger charge is 2.24. The topological polar surface area (TPSA) is 63.1 Å². The normalized spacial score (nSPS) is 15.5. The minimum atomic E-state index is -0.0874. The minimum Gasteiger partial charge on any atom is -0.336 e. The van der Waals surface area contributed by atoms with Gasteiger partial charge in [-0.25, -0.2) is 4.68 Å². The van der Waals surface area contributed by atoms with E-state index in [-0.39, 0.29) is 5.91 Å². The lowest BCUT2D eigenvalue weighted by Crippen LogP contribution is -2.30. The molecule has 1 N–H and O–H groups in total. The summed E-state index contributed by atoms with van der Waals surface area (Å²) >= 11 is 3.42. The Morgan fingerprint density at radius 2 is 2.00 bits per heavy atom. The van der Waals surface area contributed by atoms with Gasteiger partial charge >= 0.3 is 0 Å². The third-order valence-corrected chi connectivity index (χ3v) is 4.99. The van der Waals surface area contributed by atoms with Crippen molar-refractivity contribution in [3.05, 3.63) is 45.7 Å². The molecule has 1 aliphatic rings. The van der Waals surface area contributed by atoms with Crippen LogP contribution in [0.4, 0.5) is 0 Å². The number of aromatic nitrogens is 3. The van der Waals surface area contributed by atoms with Gasteiger partial charge in [0.2, 0.25) is 0 Å². The van der Waals surface area contributed by atoms with Crippen LogP contribution in [0.15, 0.2) is 28.7 Å². The number of hydrogen-bond donors (Lipinski definition) is 1. The van der Waals surface area contributed by atoms with Crippen molar-refractivity contribution in [2.24, 2.45) is 0 Å². The van der Waals surface area contributed by atoms with Gasteiger partial charge in [-0.3, -0.25) is 4.79 Å². The van der Waals surface area contributed by atoms with Gasteiger partial charge in [0, 0.05) is 18.1 Å². The number of halogens is 1. The molecule has 1 amide bonds. The lowest BCUT2D eigenvalue weighted by Gasteiger charge is -2.23. The average molecular weight is 392 g/mol. The summed E-state index contributed by atoms with van der Waals surface area (Å²) in [6, 6.07) is 8.30. The summed E-state index contributed by atoms with van der Waals surface area (Å²) in [5.74, 6) is -0.0874. The van der Waals surface area contributed by atoms with E-state index in [1.54, 1.807) is 11.9 Å². The van der Waals surface area contributed by atoms with E-state index in [1.807, 2.05) is 35.9 Å². The molecule has 1 aromatic carbocycles. The Hall–Kier alpha value is -1.73. The van der Waals surface area contributed by atoms with Crippen LogP contribution < -0.4 is 5.32 Å². The fraction of sp³-hybridized carbons (Fsp3) is 0.471. The van der Waals surface area contributed by atoms with E-state index in [9.17, 15) is 4.79 Å². The van der Waals surface area contributed by atoms with Crippen molar-refractivity contribution in [3.8, 4) is 0 Å². The highest BCUT2D eigenvalue weighted by Crippen LogP contribution is 2.21. The monoisotopic (exact) mass is 391 g/mol. The Morgan fingerprint density at radius 1 is 1.33 bits per heavy atom. The van der Waals surface area contributed by atoms with Crippen molar-refractivity contribution in [1.29, 1.82) is 0 Å². The van der Waals surface area contributed by atoms with E-state index in [0.717, 1.165) is 41.7 Å². The largest absolute Gasteiger partial charge is 0.336 e. The van der Waals surface area contributed by atoms with E-state index in [1.165, 1.54) is 0 Å². The molecule has 0 unspecified atom stereocenters. The van der Waals surface area contributed by atoms with Crippen LogP contribution in [0.2, 0.25) is 0 Å². The third kappa shape index (κ3) is 3.67. The molecule has 0 atom stereocenters. The number of carbonyl (C=O) groups is 1. The number of piperidine rings is 1. The summed E-state index contributed by atoms with van der Waals surface area (Å²) in [6.45, 7) is 4.45. The number of amides is 1. The van der Waals surface area contributed by atoms with Crippen LogP contribution in [0.25, 0.3) is 0 Å². The number of benzene rings is 1. The molecular weight excluding hydrogens is 370 g/mol.